The molecule has 0 radical (unpaired) electrons. The number of aromatic amines is 1. The normalized spacial score (nSPS) is 12.7. The summed E-state index contributed by atoms with van der Waals surface area (Å²) in [7, 11) is 0. The van der Waals surface area contributed by atoms with Crippen LogP contribution in [0.4, 0.5) is 0 Å². The van der Waals surface area contributed by atoms with Gasteiger partial charge >= 0.3 is 5.97 Å². The minimum absolute atomic E-state index is 0.0234. The Morgan fingerprint density at radius 1 is 1.38 bits per heavy atom. The monoisotopic (exact) mass is 349 g/mol. The Labute approximate surface area is 145 Å². The summed E-state index contributed by atoms with van der Waals surface area (Å²) < 4.78 is 5.01. The number of rotatable bonds is 4. The first-order valence-corrected chi connectivity index (χ1v) is 7.83. The largest absolute Gasteiger partial charge is 0.461 e. The van der Waals surface area contributed by atoms with Crippen molar-refractivity contribution in [1.82, 2.24) is 20.2 Å². The second kappa shape index (κ2) is 7.00. The van der Waals surface area contributed by atoms with Crippen LogP contribution < -0.4 is 5.73 Å². The maximum absolute atomic E-state index is 12.1. The molecule has 2 rings (SSSR count). The van der Waals surface area contributed by atoms with Crippen molar-refractivity contribution >= 4 is 23.1 Å². The van der Waals surface area contributed by atoms with Crippen LogP contribution in [0.2, 0.25) is 5.15 Å². The molecular weight excluding hydrogens is 330 g/mol. The molecule has 24 heavy (non-hydrogen) atoms. The Hall–Kier alpha value is -2.41. The van der Waals surface area contributed by atoms with Gasteiger partial charge in [-0.1, -0.05) is 32.4 Å². The summed E-state index contributed by atoms with van der Waals surface area (Å²) in [4.78, 5) is 20.9. The second-order valence-corrected chi connectivity index (χ2v) is 6.53. The van der Waals surface area contributed by atoms with Crippen LogP contribution in [-0.4, -0.2) is 32.7 Å². The highest BCUT2D eigenvalue weighted by Gasteiger charge is 2.28. The fourth-order valence-corrected chi connectivity index (χ4v) is 2.42. The predicted molar refractivity (Wildman–Crippen MR) is 91.8 cm³/mol. The number of hydrogen-bond donors (Lipinski definition) is 2. The number of hydrogen-bond acceptors (Lipinski definition) is 6. The van der Waals surface area contributed by atoms with Crippen molar-refractivity contribution in [2.75, 3.05) is 6.61 Å². The van der Waals surface area contributed by atoms with Crippen LogP contribution in [0.15, 0.2) is 24.2 Å². The number of allylic oxidation sites excluding steroid dienone is 1. The number of ether oxygens (including phenoxy) is 1. The molecule has 3 N–H and O–H groups in total. The van der Waals surface area contributed by atoms with Crippen LogP contribution >= 0.6 is 11.6 Å². The fourth-order valence-electron chi connectivity index (χ4n) is 2.24. The van der Waals surface area contributed by atoms with E-state index in [-0.39, 0.29) is 23.3 Å². The number of H-pyrrole nitrogens is 1. The van der Waals surface area contributed by atoms with Crippen LogP contribution in [0.25, 0.3) is 16.8 Å². The van der Waals surface area contributed by atoms with Gasteiger partial charge in [-0.3, -0.25) is 5.10 Å². The number of carbonyl (C=O) groups excluding carboxylic acids is 1. The van der Waals surface area contributed by atoms with E-state index >= 15 is 0 Å². The van der Waals surface area contributed by atoms with Crippen molar-refractivity contribution in [1.29, 1.82) is 0 Å². The number of nitrogens with zero attached hydrogens (tertiary/aromatic N) is 3. The highest BCUT2D eigenvalue weighted by Crippen LogP contribution is 2.35. The molecule has 0 saturated heterocycles. The summed E-state index contributed by atoms with van der Waals surface area (Å²) in [5, 5.41) is 6.86. The third-order valence-corrected chi connectivity index (χ3v) is 3.42. The number of carbonyl (C=O) groups is 1. The summed E-state index contributed by atoms with van der Waals surface area (Å²) in [6, 6.07) is 1.62. The zero-order valence-corrected chi connectivity index (χ0v) is 14.8. The molecule has 2 aromatic rings. The van der Waals surface area contributed by atoms with Gasteiger partial charge in [-0.25, -0.2) is 14.8 Å². The fraction of sp³-hybridized carbons (Fsp3) is 0.375. The topological polar surface area (TPSA) is 107 Å². The molecule has 0 amide bonds. The standard InChI is InChI=1S/C16H20ClN5O2/c1-5-24-15(23)13(18)12(16(2,3)4)14-21-10(6-11(17)22-14)9-7-19-20-8-9/h6-8H,5,18H2,1-4H3,(H,19,20)/b13-12+. The van der Waals surface area contributed by atoms with Crippen LogP contribution in [0, 0.1) is 5.41 Å². The van der Waals surface area contributed by atoms with Gasteiger partial charge in [-0.2, -0.15) is 5.10 Å². The van der Waals surface area contributed by atoms with Crippen molar-refractivity contribution in [3.05, 3.63) is 35.1 Å². The number of halogens is 1. The molecule has 0 atom stereocenters. The molecule has 2 heterocycles. The average molecular weight is 350 g/mol. The Morgan fingerprint density at radius 2 is 2.08 bits per heavy atom. The molecule has 0 spiro atoms. The zero-order chi connectivity index (χ0) is 17.9. The maximum Gasteiger partial charge on any atom is 0.354 e. The van der Waals surface area contributed by atoms with E-state index in [1.54, 1.807) is 25.4 Å². The maximum atomic E-state index is 12.1. The molecule has 0 bridgehead atoms. The van der Waals surface area contributed by atoms with Gasteiger partial charge in [0.25, 0.3) is 0 Å². The lowest BCUT2D eigenvalue weighted by Gasteiger charge is -2.24. The Kier molecular flexibility index (Phi) is 5.23. The molecule has 0 aliphatic rings. The molecule has 128 valence electrons. The van der Waals surface area contributed by atoms with Crippen LogP contribution in [0.1, 0.15) is 33.5 Å². The quantitative estimate of drug-likeness (QED) is 0.499. The van der Waals surface area contributed by atoms with E-state index in [1.165, 1.54) is 0 Å². The molecule has 7 nitrogen and oxygen atoms in total. The van der Waals surface area contributed by atoms with Crippen molar-refractivity contribution in [3.8, 4) is 11.3 Å². The number of aromatic nitrogens is 4. The van der Waals surface area contributed by atoms with Crippen molar-refractivity contribution < 1.29 is 9.53 Å². The summed E-state index contributed by atoms with van der Waals surface area (Å²) in [5.41, 5.74) is 7.35. The van der Waals surface area contributed by atoms with Crippen LogP contribution in [0.5, 0.6) is 0 Å². The average Bonchev–Trinajstić information content (AvgIpc) is 2.99. The lowest BCUT2D eigenvalue weighted by atomic mass is 9.84. The van der Waals surface area contributed by atoms with E-state index in [0.717, 1.165) is 5.56 Å². The van der Waals surface area contributed by atoms with E-state index in [2.05, 4.69) is 20.2 Å². The lowest BCUT2D eigenvalue weighted by molar-refractivity contribution is -0.138. The van der Waals surface area contributed by atoms with Crippen LogP contribution in [0.3, 0.4) is 0 Å². The van der Waals surface area contributed by atoms with E-state index in [4.69, 9.17) is 22.1 Å². The number of nitrogens with one attached hydrogen (secondary N) is 1. The molecule has 2 aromatic heterocycles. The second-order valence-electron chi connectivity index (χ2n) is 6.15. The van der Waals surface area contributed by atoms with Gasteiger partial charge in [0, 0.05) is 23.4 Å². The highest BCUT2D eigenvalue weighted by atomic mass is 35.5. The molecular formula is C16H20ClN5O2. The van der Waals surface area contributed by atoms with E-state index < -0.39 is 11.4 Å². The minimum Gasteiger partial charge on any atom is -0.461 e. The van der Waals surface area contributed by atoms with Gasteiger partial charge in [-0.15, -0.1) is 0 Å². The van der Waals surface area contributed by atoms with Gasteiger partial charge < -0.3 is 10.5 Å². The van der Waals surface area contributed by atoms with Crippen molar-refractivity contribution in [2.24, 2.45) is 11.1 Å². The van der Waals surface area contributed by atoms with Crippen LogP contribution in [-0.2, 0) is 9.53 Å². The summed E-state index contributed by atoms with van der Waals surface area (Å²) >= 11 is 6.15. The van der Waals surface area contributed by atoms with E-state index in [1.807, 2.05) is 20.8 Å². The van der Waals surface area contributed by atoms with Crippen molar-refractivity contribution in [3.63, 3.8) is 0 Å². The molecule has 0 aliphatic carbocycles. The molecule has 0 fully saturated rings. The number of nitrogens with two attached hydrogens (primary N) is 1. The first-order valence-electron chi connectivity index (χ1n) is 7.45. The Balaban J connectivity index is 2.64. The van der Waals surface area contributed by atoms with Gasteiger partial charge in [0.05, 0.1) is 18.5 Å². The molecule has 0 aromatic carbocycles. The van der Waals surface area contributed by atoms with Gasteiger partial charge in [0.15, 0.2) is 5.82 Å². The third kappa shape index (κ3) is 3.91. The summed E-state index contributed by atoms with van der Waals surface area (Å²) in [6.45, 7) is 7.69. The Bertz CT molecular complexity index is 763. The van der Waals surface area contributed by atoms with Gasteiger partial charge in [0.1, 0.15) is 10.9 Å². The lowest BCUT2D eigenvalue weighted by Crippen LogP contribution is -2.23. The molecule has 0 saturated carbocycles. The summed E-state index contributed by atoms with van der Waals surface area (Å²) in [6.07, 6.45) is 3.31. The SMILES string of the molecule is CCOC(=O)/C(N)=C(/c1nc(Cl)cc(-c2cn[nH]c2)n1)C(C)(C)C. The van der Waals surface area contributed by atoms with E-state index in [9.17, 15) is 4.79 Å². The third-order valence-electron chi connectivity index (χ3n) is 3.23. The molecule has 0 aliphatic heterocycles. The summed E-state index contributed by atoms with van der Waals surface area (Å²) in [5.74, 6) is -0.312. The predicted octanol–water partition coefficient (Wildman–Crippen LogP) is 2.80. The molecule has 8 heteroatoms. The number of esters is 1. The zero-order valence-electron chi connectivity index (χ0n) is 14.1. The van der Waals surface area contributed by atoms with E-state index in [0.29, 0.717) is 11.3 Å². The minimum atomic E-state index is -0.601. The highest BCUT2D eigenvalue weighted by molar-refractivity contribution is 6.29. The molecule has 0 unspecified atom stereocenters. The smallest absolute Gasteiger partial charge is 0.354 e. The van der Waals surface area contributed by atoms with Gasteiger partial charge in [-0.05, 0) is 12.3 Å². The first-order chi connectivity index (χ1) is 11.2. The first kappa shape index (κ1) is 17.9. The Morgan fingerprint density at radius 3 is 2.62 bits per heavy atom. The van der Waals surface area contributed by atoms with Gasteiger partial charge in [0.2, 0.25) is 0 Å². The van der Waals surface area contributed by atoms with Crippen molar-refractivity contribution in [2.45, 2.75) is 27.7 Å².